The molecule has 32 heavy (non-hydrogen) atoms. The first-order valence-corrected chi connectivity index (χ1v) is 11.5. The van der Waals surface area contributed by atoms with Crippen molar-refractivity contribution < 1.29 is 17.9 Å². The van der Waals surface area contributed by atoms with Crippen LogP contribution in [0.5, 0.6) is 5.75 Å². The predicted molar refractivity (Wildman–Crippen MR) is 126 cm³/mol. The van der Waals surface area contributed by atoms with Gasteiger partial charge in [0, 0.05) is 5.56 Å². The van der Waals surface area contributed by atoms with Crippen LogP contribution in [0.4, 0.5) is 5.69 Å². The van der Waals surface area contributed by atoms with Crippen molar-refractivity contribution in [3.63, 3.8) is 0 Å². The third-order valence-corrected chi connectivity index (χ3v) is 6.79. The third-order valence-electron chi connectivity index (χ3n) is 4.35. The Labute approximate surface area is 196 Å². The molecule has 1 N–H and O–H groups in total. The molecule has 0 heterocycles. The summed E-state index contributed by atoms with van der Waals surface area (Å²) in [5.41, 5.74) is 2.95. The standard InChI is InChI=1S/C22H19Cl2N3O4S/c1-31-21-13-6-5-12-20(21)27(32(29,30)16-8-3-2-4-9-16)15-22(28)26-25-14-17-18(23)10-7-11-19(17)24/h2-14H,15H2,1H3,(H,26,28)/b25-14+. The SMILES string of the molecule is COc1ccccc1N(CC(=O)N/N=C/c1c(Cl)cccc1Cl)S(=O)(=O)c1ccccc1. The smallest absolute Gasteiger partial charge is 0.264 e. The van der Waals surface area contributed by atoms with E-state index in [9.17, 15) is 13.2 Å². The van der Waals surface area contributed by atoms with Gasteiger partial charge >= 0.3 is 0 Å². The Morgan fingerprint density at radius 1 is 1.00 bits per heavy atom. The minimum atomic E-state index is -4.07. The van der Waals surface area contributed by atoms with Crippen LogP contribution in [-0.4, -0.2) is 34.2 Å². The van der Waals surface area contributed by atoms with Crippen molar-refractivity contribution in [2.24, 2.45) is 5.10 Å². The highest BCUT2D eigenvalue weighted by molar-refractivity contribution is 7.92. The fraction of sp³-hybridized carbons (Fsp3) is 0.0909. The average Bonchev–Trinajstić information content (AvgIpc) is 2.80. The maximum Gasteiger partial charge on any atom is 0.264 e. The number of carbonyl (C=O) groups excluding carboxylic acids is 1. The van der Waals surface area contributed by atoms with Crippen LogP contribution < -0.4 is 14.5 Å². The molecule has 0 saturated carbocycles. The fourth-order valence-electron chi connectivity index (χ4n) is 2.82. The number of nitrogens with one attached hydrogen (secondary N) is 1. The fourth-order valence-corrected chi connectivity index (χ4v) is 4.77. The van der Waals surface area contributed by atoms with E-state index in [4.69, 9.17) is 27.9 Å². The van der Waals surface area contributed by atoms with Gasteiger partial charge < -0.3 is 4.74 Å². The Morgan fingerprint density at radius 2 is 1.62 bits per heavy atom. The highest BCUT2D eigenvalue weighted by atomic mass is 35.5. The molecule has 0 saturated heterocycles. The Bertz CT molecular complexity index is 1210. The lowest BCUT2D eigenvalue weighted by Crippen LogP contribution is -2.39. The van der Waals surface area contributed by atoms with Gasteiger partial charge in [0.25, 0.3) is 15.9 Å². The maximum absolute atomic E-state index is 13.3. The van der Waals surface area contributed by atoms with Crippen LogP contribution in [0.25, 0.3) is 0 Å². The molecule has 1 amide bonds. The molecule has 3 aromatic carbocycles. The summed E-state index contributed by atoms with van der Waals surface area (Å²) >= 11 is 12.2. The van der Waals surface area contributed by atoms with Gasteiger partial charge in [-0.3, -0.25) is 9.10 Å². The number of amides is 1. The number of anilines is 1. The van der Waals surface area contributed by atoms with E-state index >= 15 is 0 Å². The van der Waals surface area contributed by atoms with Crippen LogP contribution in [0.15, 0.2) is 82.8 Å². The van der Waals surface area contributed by atoms with Crippen LogP contribution in [0.1, 0.15) is 5.56 Å². The molecule has 0 spiro atoms. The Hall–Kier alpha value is -3.07. The van der Waals surface area contributed by atoms with Gasteiger partial charge in [-0.2, -0.15) is 5.10 Å². The first-order valence-electron chi connectivity index (χ1n) is 9.31. The lowest BCUT2D eigenvalue weighted by atomic mass is 10.2. The molecule has 0 atom stereocenters. The molecule has 0 bridgehead atoms. The first-order chi connectivity index (χ1) is 15.3. The zero-order chi connectivity index (χ0) is 23.1. The number of methoxy groups -OCH3 is 1. The lowest BCUT2D eigenvalue weighted by molar-refractivity contribution is -0.119. The third kappa shape index (κ3) is 5.40. The van der Waals surface area contributed by atoms with Crippen molar-refractivity contribution in [1.82, 2.24) is 5.43 Å². The van der Waals surface area contributed by atoms with E-state index < -0.39 is 22.5 Å². The van der Waals surface area contributed by atoms with Crippen molar-refractivity contribution >= 4 is 51.0 Å². The largest absolute Gasteiger partial charge is 0.495 e. The molecule has 3 rings (SSSR count). The van der Waals surface area contributed by atoms with E-state index in [0.29, 0.717) is 21.4 Å². The molecule has 0 unspecified atom stereocenters. The quantitative estimate of drug-likeness (QED) is 0.374. The second-order valence-corrected chi connectivity index (χ2v) is 9.10. The number of sulfonamides is 1. The van der Waals surface area contributed by atoms with Gasteiger partial charge in [-0.1, -0.05) is 59.6 Å². The number of carbonyl (C=O) groups is 1. The number of para-hydroxylation sites is 2. The molecule has 0 radical (unpaired) electrons. The van der Waals surface area contributed by atoms with Crippen molar-refractivity contribution in [2.75, 3.05) is 18.0 Å². The number of hydrogen-bond donors (Lipinski definition) is 1. The van der Waals surface area contributed by atoms with E-state index in [0.717, 1.165) is 4.31 Å². The Balaban J connectivity index is 1.89. The molecule has 10 heteroatoms. The lowest BCUT2D eigenvalue weighted by Gasteiger charge is -2.25. The molecule has 0 aromatic heterocycles. The highest BCUT2D eigenvalue weighted by Gasteiger charge is 2.29. The second-order valence-electron chi connectivity index (χ2n) is 6.43. The Morgan fingerprint density at radius 3 is 2.28 bits per heavy atom. The summed E-state index contributed by atoms with van der Waals surface area (Å²) in [5.74, 6) is -0.374. The van der Waals surface area contributed by atoms with Crippen molar-refractivity contribution in [3.05, 3.63) is 88.4 Å². The van der Waals surface area contributed by atoms with Crippen molar-refractivity contribution in [1.29, 1.82) is 0 Å². The number of nitrogens with zero attached hydrogens (tertiary/aromatic N) is 2. The number of ether oxygens (including phenoxy) is 1. The summed E-state index contributed by atoms with van der Waals surface area (Å²) in [4.78, 5) is 12.7. The van der Waals surface area contributed by atoms with Gasteiger partial charge in [-0.25, -0.2) is 13.8 Å². The summed E-state index contributed by atoms with van der Waals surface area (Å²) in [6, 6.07) is 19.3. The number of hydrazone groups is 1. The zero-order valence-corrected chi connectivity index (χ0v) is 19.2. The zero-order valence-electron chi connectivity index (χ0n) is 16.9. The predicted octanol–water partition coefficient (Wildman–Crippen LogP) is 4.35. The molecular formula is C22H19Cl2N3O4S. The molecule has 0 fully saturated rings. The van der Waals surface area contributed by atoms with Crippen molar-refractivity contribution in [2.45, 2.75) is 4.90 Å². The molecule has 166 valence electrons. The number of rotatable bonds is 8. The van der Waals surface area contributed by atoms with Gasteiger partial charge in [-0.05, 0) is 36.4 Å². The van der Waals surface area contributed by atoms with Gasteiger partial charge in [0.15, 0.2) is 0 Å². The van der Waals surface area contributed by atoms with E-state index in [-0.39, 0.29) is 10.6 Å². The normalized spacial score (nSPS) is 11.3. The first kappa shape index (κ1) is 23.6. The van der Waals surface area contributed by atoms with Crippen LogP contribution in [0.2, 0.25) is 10.0 Å². The van der Waals surface area contributed by atoms with Crippen LogP contribution >= 0.6 is 23.2 Å². The maximum atomic E-state index is 13.3. The summed E-state index contributed by atoms with van der Waals surface area (Å²) < 4.78 is 33.0. The molecule has 0 aliphatic carbocycles. The van der Waals surface area contributed by atoms with E-state index in [1.807, 2.05) is 0 Å². The number of benzene rings is 3. The van der Waals surface area contributed by atoms with E-state index in [1.54, 1.807) is 60.7 Å². The van der Waals surface area contributed by atoms with Gasteiger partial charge in [-0.15, -0.1) is 0 Å². The topological polar surface area (TPSA) is 88.1 Å². The van der Waals surface area contributed by atoms with Gasteiger partial charge in [0.1, 0.15) is 12.3 Å². The minimum Gasteiger partial charge on any atom is -0.495 e. The Kier molecular flexibility index (Phi) is 7.74. The van der Waals surface area contributed by atoms with E-state index in [1.165, 1.54) is 25.5 Å². The minimum absolute atomic E-state index is 0.0325. The summed E-state index contributed by atoms with van der Waals surface area (Å²) in [5, 5.41) is 4.58. The molecular weight excluding hydrogens is 473 g/mol. The van der Waals surface area contributed by atoms with Crippen molar-refractivity contribution in [3.8, 4) is 5.75 Å². The molecule has 7 nitrogen and oxygen atoms in total. The van der Waals surface area contributed by atoms with Gasteiger partial charge in [0.05, 0.1) is 34.0 Å². The monoisotopic (exact) mass is 491 g/mol. The van der Waals surface area contributed by atoms with Crippen LogP contribution in [0, 0.1) is 0 Å². The van der Waals surface area contributed by atoms with Crippen LogP contribution in [-0.2, 0) is 14.8 Å². The summed E-state index contributed by atoms with van der Waals surface area (Å²) in [7, 11) is -2.65. The van der Waals surface area contributed by atoms with Gasteiger partial charge in [0.2, 0.25) is 0 Å². The second kappa shape index (κ2) is 10.5. The summed E-state index contributed by atoms with van der Waals surface area (Å²) in [6.07, 6.45) is 1.29. The number of halogens is 2. The molecule has 3 aromatic rings. The average molecular weight is 492 g/mol. The molecule has 0 aliphatic heterocycles. The van der Waals surface area contributed by atoms with E-state index in [2.05, 4.69) is 10.5 Å². The van der Waals surface area contributed by atoms with Crippen LogP contribution in [0.3, 0.4) is 0 Å². The highest BCUT2D eigenvalue weighted by Crippen LogP contribution is 2.32. The summed E-state index contributed by atoms with van der Waals surface area (Å²) in [6.45, 7) is -0.537. The number of hydrogen-bond acceptors (Lipinski definition) is 5. The molecule has 0 aliphatic rings.